The Kier molecular flexibility index (Phi) is 3.62. The van der Waals surface area contributed by atoms with Crippen LogP contribution in [0.25, 0.3) is 10.9 Å². The molecule has 1 unspecified atom stereocenters. The summed E-state index contributed by atoms with van der Waals surface area (Å²) in [4.78, 5) is 4.29. The minimum atomic E-state index is -0.839. The first-order chi connectivity index (χ1) is 9.68. The lowest BCUT2D eigenvalue weighted by Gasteiger charge is -2.15. The summed E-state index contributed by atoms with van der Waals surface area (Å²) in [6.45, 7) is 0. The number of aromatic nitrogens is 1. The van der Waals surface area contributed by atoms with Gasteiger partial charge in [0.05, 0.1) is 15.6 Å². The summed E-state index contributed by atoms with van der Waals surface area (Å²) in [5, 5.41) is 12.3. The largest absolute Gasteiger partial charge is 0.384 e. The molecule has 3 rings (SSSR count). The van der Waals surface area contributed by atoms with Gasteiger partial charge in [-0.1, -0.05) is 53.5 Å². The summed E-state index contributed by atoms with van der Waals surface area (Å²) in [7, 11) is 0. The van der Waals surface area contributed by atoms with Gasteiger partial charge < -0.3 is 5.11 Å². The number of benzene rings is 2. The lowest BCUT2D eigenvalue weighted by molar-refractivity contribution is 0.222. The minimum Gasteiger partial charge on any atom is -0.384 e. The highest BCUT2D eigenvalue weighted by atomic mass is 35.5. The van der Waals surface area contributed by atoms with Crippen molar-refractivity contribution in [3.63, 3.8) is 0 Å². The van der Waals surface area contributed by atoms with Crippen molar-refractivity contribution >= 4 is 34.1 Å². The third kappa shape index (κ3) is 2.27. The van der Waals surface area contributed by atoms with Crippen molar-refractivity contribution in [2.45, 2.75) is 6.10 Å². The van der Waals surface area contributed by atoms with E-state index in [0.29, 0.717) is 15.6 Å². The zero-order chi connectivity index (χ0) is 14.1. The van der Waals surface area contributed by atoms with Gasteiger partial charge in [-0.25, -0.2) is 0 Å². The van der Waals surface area contributed by atoms with Gasteiger partial charge in [-0.2, -0.15) is 0 Å². The van der Waals surface area contributed by atoms with Crippen LogP contribution >= 0.6 is 23.2 Å². The van der Waals surface area contributed by atoms with Crippen LogP contribution in [0.4, 0.5) is 0 Å². The van der Waals surface area contributed by atoms with Gasteiger partial charge in [-0.3, -0.25) is 4.98 Å². The third-order valence-electron chi connectivity index (χ3n) is 3.25. The van der Waals surface area contributed by atoms with E-state index in [1.165, 1.54) is 0 Å². The second kappa shape index (κ2) is 5.41. The average Bonchev–Trinajstić information content (AvgIpc) is 2.49. The molecule has 2 nitrogen and oxygen atoms in total. The molecule has 0 aliphatic heterocycles. The van der Waals surface area contributed by atoms with Gasteiger partial charge in [-0.15, -0.1) is 0 Å². The summed E-state index contributed by atoms with van der Waals surface area (Å²) in [6.07, 6.45) is 0.841. The number of para-hydroxylation sites is 1. The molecule has 0 fully saturated rings. The Balaban J connectivity index is 2.18. The average molecular weight is 304 g/mol. The van der Waals surface area contributed by atoms with E-state index in [-0.39, 0.29) is 0 Å². The molecule has 1 atom stereocenters. The molecule has 0 aliphatic carbocycles. The second-order valence-electron chi connectivity index (χ2n) is 4.46. The molecular weight excluding hydrogens is 293 g/mol. The van der Waals surface area contributed by atoms with Crippen molar-refractivity contribution in [1.29, 1.82) is 0 Å². The van der Waals surface area contributed by atoms with E-state index < -0.39 is 6.10 Å². The Hall–Kier alpha value is -1.61. The van der Waals surface area contributed by atoms with Gasteiger partial charge in [0.15, 0.2) is 0 Å². The van der Waals surface area contributed by atoms with E-state index in [2.05, 4.69) is 4.98 Å². The zero-order valence-electron chi connectivity index (χ0n) is 10.4. The monoisotopic (exact) mass is 303 g/mol. The number of hydrogen-bond donors (Lipinski definition) is 1. The lowest BCUT2D eigenvalue weighted by Crippen LogP contribution is -2.02. The smallest absolute Gasteiger partial charge is 0.106 e. The first kappa shape index (κ1) is 13.4. The molecule has 0 spiro atoms. The van der Waals surface area contributed by atoms with Gasteiger partial charge in [0.2, 0.25) is 0 Å². The summed E-state index contributed by atoms with van der Waals surface area (Å²) in [6, 6.07) is 14.7. The van der Waals surface area contributed by atoms with Gasteiger partial charge in [0, 0.05) is 17.1 Å². The van der Waals surface area contributed by atoms with E-state index in [1.807, 2.05) is 24.3 Å². The number of halogens is 2. The van der Waals surface area contributed by atoms with Gasteiger partial charge >= 0.3 is 0 Å². The number of fused-ring (bicyclic) bond motifs is 1. The van der Waals surface area contributed by atoms with Crippen molar-refractivity contribution < 1.29 is 5.11 Å². The SMILES string of the molecule is OC(c1cccc(Cl)c1Cl)c1ccnc2ccccc12. The van der Waals surface area contributed by atoms with Crippen LogP contribution in [-0.2, 0) is 0 Å². The van der Waals surface area contributed by atoms with Gasteiger partial charge in [-0.05, 0) is 23.8 Å². The van der Waals surface area contributed by atoms with Crippen LogP contribution < -0.4 is 0 Å². The first-order valence-corrected chi connectivity index (χ1v) is 6.89. The Morgan fingerprint density at radius 1 is 0.900 bits per heavy atom. The van der Waals surface area contributed by atoms with Gasteiger partial charge in [0.25, 0.3) is 0 Å². The Morgan fingerprint density at radius 3 is 2.55 bits per heavy atom. The fraction of sp³-hybridized carbons (Fsp3) is 0.0625. The topological polar surface area (TPSA) is 33.1 Å². The van der Waals surface area contributed by atoms with E-state index in [4.69, 9.17) is 23.2 Å². The molecule has 0 radical (unpaired) electrons. The summed E-state index contributed by atoms with van der Waals surface area (Å²) >= 11 is 12.2. The van der Waals surface area contributed by atoms with Crippen molar-refractivity contribution in [2.75, 3.05) is 0 Å². The number of aliphatic hydroxyl groups is 1. The molecule has 1 N–H and O–H groups in total. The number of nitrogens with zero attached hydrogens (tertiary/aromatic N) is 1. The van der Waals surface area contributed by atoms with E-state index in [0.717, 1.165) is 16.5 Å². The quantitative estimate of drug-likeness (QED) is 0.749. The lowest BCUT2D eigenvalue weighted by atomic mass is 9.98. The van der Waals surface area contributed by atoms with Crippen molar-refractivity contribution in [1.82, 2.24) is 4.98 Å². The van der Waals surface area contributed by atoms with Crippen LogP contribution in [0.5, 0.6) is 0 Å². The number of pyridine rings is 1. The number of rotatable bonds is 2. The van der Waals surface area contributed by atoms with Crippen LogP contribution in [0, 0.1) is 0 Å². The molecule has 0 amide bonds. The molecular formula is C16H11Cl2NO. The number of hydrogen-bond acceptors (Lipinski definition) is 2. The molecule has 20 heavy (non-hydrogen) atoms. The van der Waals surface area contributed by atoms with Crippen LogP contribution in [-0.4, -0.2) is 10.1 Å². The summed E-state index contributed by atoms with van der Waals surface area (Å²) < 4.78 is 0. The molecule has 0 aliphatic rings. The first-order valence-electron chi connectivity index (χ1n) is 6.14. The normalized spacial score (nSPS) is 12.6. The Bertz CT molecular complexity index is 768. The van der Waals surface area contributed by atoms with E-state index in [9.17, 15) is 5.11 Å². The molecule has 0 saturated carbocycles. The fourth-order valence-corrected chi connectivity index (χ4v) is 2.67. The fourth-order valence-electron chi connectivity index (χ4n) is 2.26. The van der Waals surface area contributed by atoms with Crippen LogP contribution in [0.3, 0.4) is 0 Å². The molecule has 0 bridgehead atoms. The molecule has 100 valence electrons. The number of aliphatic hydroxyl groups excluding tert-OH is 1. The predicted octanol–water partition coefficient (Wildman–Crippen LogP) is 4.62. The van der Waals surface area contributed by atoms with E-state index in [1.54, 1.807) is 30.5 Å². The Labute approximate surface area is 126 Å². The highest BCUT2D eigenvalue weighted by molar-refractivity contribution is 6.42. The molecule has 2 aromatic carbocycles. The maximum Gasteiger partial charge on any atom is 0.106 e. The van der Waals surface area contributed by atoms with Crippen molar-refractivity contribution in [3.05, 3.63) is 75.9 Å². The second-order valence-corrected chi connectivity index (χ2v) is 5.25. The third-order valence-corrected chi connectivity index (χ3v) is 4.09. The predicted molar refractivity (Wildman–Crippen MR) is 82.3 cm³/mol. The van der Waals surface area contributed by atoms with Crippen LogP contribution in [0.2, 0.25) is 10.0 Å². The molecule has 1 aromatic heterocycles. The maximum atomic E-state index is 10.6. The minimum absolute atomic E-state index is 0.377. The maximum absolute atomic E-state index is 10.6. The molecule has 3 aromatic rings. The highest BCUT2D eigenvalue weighted by Gasteiger charge is 2.17. The van der Waals surface area contributed by atoms with E-state index >= 15 is 0 Å². The zero-order valence-corrected chi connectivity index (χ0v) is 11.9. The highest BCUT2D eigenvalue weighted by Crippen LogP contribution is 2.35. The summed E-state index contributed by atoms with van der Waals surface area (Å²) in [5.74, 6) is 0. The standard InChI is InChI=1S/C16H11Cl2NO/c17-13-6-3-5-12(15(13)18)16(20)11-8-9-19-14-7-2-1-4-10(11)14/h1-9,16,20H. The molecule has 4 heteroatoms. The molecule has 0 saturated heterocycles. The van der Waals surface area contributed by atoms with Crippen LogP contribution in [0.15, 0.2) is 54.7 Å². The van der Waals surface area contributed by atoms with Crippen molar-refractivity contribution in [3.8, 4) is 0 Å². The van der Waals surface area contributed by atoms with Crippen LogP contribution in [0.1, 0.15) is 17.2 Å². The summed E-state index contributed by atoms with van der Waals surface area (Å²) in [5.41, 5.74) is 2.19. The Morgan fingerprint density at radius 2 is 1.70 bits per heavy atom. The van der Waals surface area contributed by atoms with Gasteiger partial charge in [0.1, 0.15) is 6.10 Å². The van der Waals surface area contributed by atoms with Crippen molar-refractivity contribution in [2.24, 2.45) is 0 Å². The molecule has 1 heterocycles.